The molecule has 0 aliphatic carbocycles. The van der Waals surface area contributed by atoms with E-state index in [1.54, 1.807) is 7.05 Å². The van der Waals surface area contributed by atoms with Gasteiger partial charge in [0.25, 0.3) is 0 Å². The third kappa shape index (κ3) is 8.82. The summed E-state index contributed by atoms with van der Waals surface area (Å²) in [5, 5.41) is 3.79. The molecule has 0 aliphatic rings. The molecule has 0 aromatic rings. The minimum atomic E-state index is 0. The van der Waals surface area contributed by atoms with Gasteiger partial charge < -0.3 is 12.2 Å². The van der Waals surface area contributed by atoms with Gasteiger partial charge in [-0.25, -0.2) is 6.42 Å². The van der Waals surface area contributed by atoms with E-state index >= 15 is 0 Å². The fourth-order valence-electron chi connectivity index (χ4n) is 0.158. The van der Waals surface area contributed by atoms with E-state index in [4.69, 9.17) is 0 Å². The molecule has 0 aliphatic heterocycles. The Kier molecular flexibility index (Phi) is 14.8. The molecule has 0 atom stereocenters. The predicted octanol–water partition coefficient (Wildman–Crippen LogP) is 1.21. The fraction of sp³-hybridized carbons (Fsp3) is 0.750. The van der Waals surface area contributed by atoms with Crippen LogP contribution in [-0.2, 0) is 18.6 Å². The van der Waals surface area contributed by atoms with Crippen LogP contribution in [0, 0.1) is 6.92 Å². The summed E-state index contributed by atoms with van der Waals surface area (Å²) in [6.07, 6.45) is 0.927. The molecular weight excluding hydrogens is 113 g/mol. The van der Waals surface area contributed by atoms with Gasteiger partial charge in [0.05, 0.1) is 0 Å². The summed E-state index contributed by atoms with van der Waals surface area (Å²) in [6, 6.07) is 0. The molecule has 0 fully saturated rings. The summed E-state index contributed by atoms with van der Waals surface area (Å²) in [6.45, 7) is 4.48. The predicted molar refractivity (Wildman–Crippen MR) is 24.1 cm³/mol. The maximum Gasteiger partial charge on any atom is 2.00 e. The number of hydrogen-bond donors (Lipinski definition) is 0. The van der Waals surface area contributed by atoms with Crippen LogP contribution in [0.25, 0.3) is 5.32 Å². The van der Waals surface area contributed by atoms with Crippen molar-refractivity contribution in [2.24, 2.45) is 0 Å². The van der Waals surface area contributed by atoms with E-state index < -0.39 is 0 Å². The first-order valence-electron chi connectivity index (χ1n) is 1.76. The maximum absolute atomic E-state index is 3.79. The summed E-state index contributed by atoms with van der Waals surface area (Å²) in [4.78, 5) is 0. The van der Waals surface area contributed by atoms with Crippen LogP contribution < -0.4 is 0 Å². The molecule has 35 valence electrons. The Hall–Kier alpha value is 0.544. The van der Waals surface area contributed by atoms with E-state index in [9.17, 15) is 0 Å². The first-order chi connectivity index (χ1) is 2.41. The van der Waals surface area contributed by atoms with Crippen LogP contribution in [0.3, 0.4) is 0 Å². The average molecular weight is 122 g/mol. The molecule has 1 radical (unpaired) electrons. The number of rotatable bonds is 2. The van der Waals surface area contributed by atoms with E-state index in [-0.39, 0.29) is 18.6 Å². The zero-order valence-electron chi connectivity index (χ0n) is 4.02. The van der Waals surface area contributed by atoms with Crippen LogP contribution in [0.5, 0.6) is 0 Å². The van der Waals surface area contributed by atoms with Crippen LogP contribution in [-0.4, -0.2) is 13.6 Å². The molecular formula is C4H9NV. The largest absolute Gasteiger partial charge is 2.00 e. The average Bonchev–Trinajstić information content (AvgIpc) is 1.41. The van der Waals surface area contributed by atoms with Gasteiger partial charge in [0.15, 0.2) is 0 Å². The van der Waals surface area contributed by atoms with Crippen molar-refractivity contribution in [1.82, 2.24) is 0 Å². The molecule has 0 aromatic carbocycles. The van der Waals surface area contributed by atoms with Crippen molar-refractivity contribution in [2.75, 3.05) is 13.6 Å². The molecule has 0 bridgehead atoms. The maximum atomic E-state index is 3.79. The Bertz CT molecular complexity index is 15.0. The van der Waals surface area contributed by atoms with Gasteiger partial charge in [-0.3, -0.25) is 0 Å². The van der Waals surface area contributed by atoms with Crippen LogP contribution in [0.15, 0.2) is 0 Å². The molecule has 1 nitrogen and oxygen atoms in total. The van der Waals surface area contributed by atoms with Crippen molar-refractivity contribution in [3.05, 3.63) is 12.2 Å². The normalized spacial score (nSPS) is 7.00. The zero-order valence-corrected chi connectivity index (χ0v) is 5.41. The van der Waals surface area contributed by atoms with Crippen molar-refractivity contribution in [2.45, 2.75) is 6.42 Å². The summed E-state index contributed by atoms with van der Waals surface area (Å²) in [5.41, 5.74) is 0. The van der Waals surface area contributed by atoms with E-state index in [1.807, 2.05) is 0 Å². The van der Waals surface area contributed by atoms with Gasteiger partial charge in [0, 0.05) is 0 Å². The smallest absolute Gasteiger partial charge is 0.667 e. The molecule has 0 heterocycles. The monoisotopic (exact) mass is 122 g/mol. The molecule has 0 saturated carbocycles. The Morgan fingerprint density at radius 1 is 1.67 bits per heavy atom. The number of nitrogens with zero attached hydrogens (tertiary/aromatic N) is 1. The van der Waals surface area contributed by atoms with Gasteiger partial charge >= 0.3 is 18.6 Å². The van der Waals surface area contributed by atoms with Gasteiger partial charge in [-0.15, -0.1) is 0 Å². The standard InChI is InChI=1S/C4H9N.V/c1-3-4-5-2;/h1,3-4H2,2H3;/q-2;+2. The minimum absolute atomic E-state index is 0. The van der Waals surface area contributed by atoms with Crippen LogP contribution in [0.1, 0.15) is 6.42 Å². The van der Waals surface area contributed by atoms with Gasteiger partial charge in [-0.05, 0) is 0 Å². The van der Waals surface area contributed by atoms with Gasteiger partial charge in [0.2, 0.25) is 0 Å². The first-order valence-corrected chi connectivity index (χ1v) is 1.76. The van der Waals surface area contributed by atoms with Crippen molar-refractivity contribution in [3.63, 3.8) is 0 Å². The third-order valence-corrected chi connectivity index (χ3v) is 0.382. The van der Waals surface area contributed by atoms with Crippen LogP contribution in [0.2, 0.25) is 0 Å². The Morgan fingerprint density at radius 3 is 2.17 bits per heavy atom. The first kappa shape index (κ1) is 9.74. The molecule has 0 rings (SSSR count). The second kappa shape index (κ2) is 9.11. The topological polar surface area (TPSA) is 14.1 Å². The third-order valence-electron chi connectivity index (χ3n) is 0.382. The SMILES string of the molecule is [CH2-]CC[N-]C.[V+2]. The second-order valence-corrected chi connectivity index (χ2v) is 0.893. The van der Waals surface area contributed by atoms with Gasteiger partial charge in [-0.2, -0.15) is 13.6 Å². The summed E-state index contributed by atoms with van der Waals surface area (Å²) >= 11 is 0. The molecule has 0 unspecified atom stereocenters. The van der Waals surface area contributed by atoms with E-state index in [2.05, 4.69) is 12.2 Å². The molecule has 6 heavy (non-hydrogen) atoms. The van der Waals surface area contributed by atoms with Crippen molar-refractivity contribution in [3.8, 4) is 0 Å². The minimum Gasteiger partial charge on any atom is -0.667 e. The summed E-state index contributed by atoms with van der Waals surface area (Å²) in [7, 11) is 1.80. The van der Waals surface area contributed by atoms with E-state index in [1.165, 1.54) is 0 Å². The summed E-state index contributed by atoms with van der Waals surface area (Å²) in [5.74, 6) is 0. The van der Waals surface area contributed by atoms with E-state index in [0.717, 1.165) is 13.0 Å². The number of hydrogen-bond acceptors (Lipinski definition) is 0. The van der Waals surface area contributed by atoms with Crippen molar-refractivity contribution < 1.29 is 18.6 Å². The second-order valence-electron chi connectivity index (χ2n) is 0.893. The summed E-state index contributed by atoms with van der Waals surface area (Å²) < 4.78 is 0. The van der Waals surface area contributed by atoms with E-state index in [0.29, 0.717) is 0 Å². The van der Waals surface area contributed by atoms with Crippen LogP contribution in [0.4, 0.5) is 0 Å². The fourth-order valence-corrected chi connectivity index (χ4v) is 0.158. The molecule has 0 saturated heterocycles. The molecule has 0 N–H and O–H groups in total. The molecule has 2 heteroatoms. The van der Waals surface area contributed by atoms with Crippen molar-refractivity contribution >= 4 is 0 Å². The van der Waals surface area contributed by atoms with Gasteiger partial charge in [-0.1, -0.05) is 0 Å². The quantitative estimate of drug-likeness (QED) is 0.489. The Morgan fingerprint density at radius 2 is 2.17 bits per heavy atom. The Balaban J connectivity index is 0. The molecule has 0 spiro atoms. The Labute approximate surface area is 51.4 Å². The molecule has 0 aromatic heterocycles. The van der Waals surface area contributed by atoms with Crippen molar-refractivity contribution in [1.29, 1.82) is 0 Å². The molecule has 0 amide bonds. The zero-order chi connectivity index (χ0) is 4.12. The van der Waals surface area contributed by atoms with Gasteiger partial charge in [0.1, 0.15) is 0 Å². The van der Waals surface area contributed by atoms with Crippen LogP contribution >= 0.6 is 0 Å².